The van der Waals surface area contributed by atoms with Gasteiger partial charge >= 0.3 is 6.18 Å². The molecule has 2 amide bonds. The van der Waals surface area contributed by atoms with E-state index in [2.05, 4.69) is 20.9 Å². The van der Waals surface area contributed by atoms with Crippen molar-refractivity contribution in [3.8, 4) is 5.75 Å². The molecule has 1 aromatic heterocycles. The molecule has 0 unspecified atom stereocenters. The lowest BCUT2D eigenvalue weighted by Crippen LogP contribution is -2.34. The van der Waals surface area contributed by atoms with Crippen molar-refractivity contribution in [3.05, 3.63) is 80.8 Å². The summed E-state index contributed by atoms with van der Waals surface area (Å²) in [6, 6.07) is 10.6. The summed E-state index contributed by atoms with van der Waals surface area (Å²) >= 11 is 13.1. The smallest absolute Gasteiger partial charge is 0.416 e. The first kappa shape index (κ1) is 34.8. The van der Waals surface area contributed by atoms with Gasteiger partial charge in [0.2, 0.25) is 11.9 Å². The Hall–Kier alpha value is -4.10. The fourth-order valence-corrected chi connectivity index (χ4v) is 4.93. The number of imidazole rings is 1. The first-order chi connectivity index (χ1) is 21.5. The number of alkyl halides is 5. The number of rotatable bonds is 10. The van der Waals surface area contributed by atoms with Gasteiger partial charge in [0, 0.05) is 31.6 Å². The standard InChI is InChI=1S/C31H30Cl2F5N5O3/c1-30(2,3)28(45)40-14-17-9-10-20(32)26(25(17)33)42-29-41-21-11-18(23(46-15-24(34)35)12-22(21)43(29)4)27(44)39-13-16-7-5-6-8-19(16)31(36,37)38/h5-12,24H,13-15H2,1-4H3,(H,39,44)(H,40,45)(H,41,42). The lowest BCUT2D eigenvalue weighted by molar-refractivity contribution is -0.138. The molecule has 1 heterocycles. The first-order valence-electron chi connectivity index (χ1n) is 13.8. The van der Waals surface area contributed by atoms with E-state index in [0.717, 1.165) is 6.07 Å². The van der Waals surface area contributed by atoms with E-state index in [9.17, 15) is 31.5 Å². The molecule has 3 N–H and O–H groups in total. The molecule has 0 saturated heterocycles. The van der Waals surface area contributed by atoms with Crippen LogP contribution in [0.4, 0.5) is 33.6 Å². The van der Waals surface area contributed by atoms with E-state index in [1.165, 1.54) is 30.3 Å². The molecular formula is C31H30Cl2F5N5O3. The minimum atomic E-state index is -4.64. The van der Waals surface area contributed by atoms with Crippen molar-refractivity contribution in [2.75, 3.05) is 11.9 Å². The molecular weight excluding hydrogens is 656 g/mol. The number of fused-ring (bicyclic) bond motifs is 1. The molecule has 0 radical (unpaired) electrons. The Morgan fingerprint density at radius 1 is 0.978 bits per heavy atom. The van der Waals surface area contributed by atoms with Crippen molar-refractivity contribution in [1.29, 1.82) is 0 Å². The van der Waals surface area contributed by atoms with E-state index in [1.54, 1.807) is 44.5 Å². The Balaban J connectivity index is 1.66. The lowest BCUT2D eigenvalue weighted by Gasteiger charge is -2.19. The topological polar surface area (TPSA) is 97.3 Å². The van der Waals surface area contributed by atoms with E-state index in [4.69, 9.17) is 27.9 Å². The molecule has 246 valence electrons. The normalized spacial score (nSPS) is 12.0. The Kier molecular flexibility index (Phi) is 10.4. The number of anilines is 2. The Morgan fingerprint density at radius 2 is 1.65 bits per heavy atom. The number of benzene rings is 3. The zero-order valence-electron chi connectivity index (χ0n) is 25.1. The SMILES string of the molecule is Cn1c(Nc2c(Cl)ccc(CNC(=O)C(C)(C)C)c2Cl)nc2cc(C(=O)NCc3ccccc3C(F)(F)F)c(OCC(F)F)cc21. The van der Waals surface area contributed by atoms with Crippen molar-refractivity contribution in [1.82, 2.24) is 20.2 Å². The minimum Gasteiger partial charge on any atom is -0.487 e. The first-order valence-corrected chi connectivity index (χ1v) is 14.6. The number of nitrogens with zero attached hydrogens (tertiary/aromatic N) is 2. The van der Waals surface area contributed by atoms with Gasteiger partial charge in [-0.1, -0.05) is 68.2 Å². The maximum atomic E-state index is 13.4. The van der Waals surface area contributed by atoms with Crippen molar-refractivity contribution >= 4 is 57.7 Å². The third-order valence-electron chi connectivity index (χ3n) is 6.88. The number of hydrogen-bond acceptors (Lipinski definition) is 5. The number of ether oxygens (including phenoxy) is 1. The van der Waals surface area contributed by atoms with Crippen molar-refractivity contribution in [2.24, 2.45) is 12.5 Å². The Labute approximate surface area is 271 Å². The van der Waals surface area contributed by atoms with Gasteiger partial charge in [0.05, 0.1) is 37.9 Å². The molecule has 0 aliphatic heterocycles. The molecule has 0 aliphatic rings. The fraction of sp³-hybridized carbons (Fsp3) is 0.323. The summed E-state index contributed by atoms with van der Waals surface area (Å²) in [5.41, 5.74) is -0.485. The van der Waals surface area contributed by atoms with Gasteiger partial charge in [-0.3, -0.25) is 9.59 Å². The highest BCUT2D eigenvalue weighted by Crippen LogP contribution is 2.37. The molecule has 46 heavy (non-hydrogen) atoms. The van der Waals surface area contributed by atoms with Crippen LogP contribution in [0.3, 0.4) is 0 Å². The molecule has 4 rings (SSSR count). The van der Waals surface area contributed by atoms with Gasteiger partial charge in [-0.2, -0.15) is 13.2 Å². The van der Waals surface area contributed by atoms with Crippen LogP contribution in [0.5, 0.6) is 5.75 Å². The van der Waals surface area contributed by atoms with Gasteiger partial charge in [-0.05, 0) is 29.3 Å². The summed E-state index contributed by atoms with van der Waals surface area (Å²) in [7, 11) is 1.61. The summed E-state index contributed by atoms with van der Waals surface area (Å²) in [6.07, 6.45) is -7.51. The highest BCUT2D eigenvalue weighted by Gasteiger charge is 2.33. The summed E-state index contributed by atoms with van der Waals surface area (Å²) < 4.78 is 73.3. The molecule has 0 atom stereocenters. The van der Waals surface area contributed by atoms with Crippen LogP contribution in [0.2, 0.25) is 10.0 Å². The van der Waals surface area contributed by atoms with Crippen LogP contribution in [0.25, 0.3) is 11.0 Å². The van der Waals surface area contributed by atoms with Crippen molar-refractivity contribution < 1.29 is 36.3 Å². The highest BCUT2D eigenvalue weighted by molar-refractivity contribution is 6.39. The van der Waals surface area contributed by atoms with Gasteiger partial charge in [-0.15, -0.1) is 0 Å². The monoisotopic (exact) mass is 685 g/mol. The number of aromatic nitrogens is 2. The highest BCUT2D eigenvalue weighted by atomic mass is 35.5. The lowest BCUT2D eigenvalue weighted by atomic mass is 9.95. The summed E-state index contributed by atoms with van der Waals surface area (Å²) in [6.45, 7) is 3.93. The number of carbonyl (C=O) groups is 2. The quantitative estimate of drug-likeness (QED) is 0.148. The van der Waals surface area contributed by atoms with Crippen LogP contribution in [0.15, 0.2) is 48.5 Å². The molecule has 0 spiro atoms. The van der Waals surface area contributed by atoms with Crippen LogP contribution in [-0.2, 0) is 31.1 Å². The predicted molar refractivity (Wildman–Crippen MR) is 166 cm³/mol. The number of carbonyl (C=O) groups excluding carboxylic acids is 2. The molecule has 3 aromatic carbocycles. The van der Waals surface area contributed by atoms with Crippen LogP contribution in [0, 0.1) is 5.41 Å². The zero-order valence-corrected chi connectivity index (χ0v) is 26.6. The number of nitrogens with one attached hydrogen (secondary N) is 3. The molecule has 0 bridgehead atoms. The largest absolute Gasteiger partial charge is 0.487 e. The summed E-state index contributed by atoms with van der Waals surface area (Å²) in [4.78, 5) is 30.1. The van der Waals surface area contributed by atoms with Crippen LogP contribution < -0.4 is 20.7 Å². The van der Waals surface area contributed by atoms with Gasteiger partial charge in [0.1, 0.15) is 12.4 Å². The van der Waals surface area contributed by atoms with Crippen LogP contribution >= 0.6 is 23.2 Å². The third kappa shape index (κ3) is 8.00. The second-order valence-electron chi connectivity index (χ2n) is 11.3. The van der Waals surface area contributed by atoms with Crippen molar-refractivity contribution in [2.45, 2.75) is 46.5 Å². The van der Waals surface area contributed by atoms with Crippen LogP contribution in [-0.4, -0.2) is 34.4 Å². The van der Waals surface area contributed by atoms with Crippen LogP contribution in [0.1, 0.15) is 47.8 Å². The molecule has 4 aromatic rings. The van der Waals surface area contributed by atoms with E-state index < -0.39 is 42.6 Å². The molecule has 0 fully saturated rings. The van der Waals surface area contributed by atoms with Crippen molar-refractivity contribution in [3.63, 3.8) is 0 Å². The van der Waals surface area contributed by atoms with Gasteiger partial charge < -0.3 is 25.3 Å². The predicted octanol–water partition coefficient (Wildman–Crippen LogP) is 7.88. The Morgan fingerprint density at radius 3 is 2.30 bits per heavy atom. The van der Waals surface area contributed by atoms with E-state index >= 15 is 0 Å². The molecule has 8 nitrogen and oxygen atoms in total. The second-order valence-corrected chi connectivity index (χ2v) is 12.1. The van der Waals surface area contributed by atoms with Gasteiger partial charge in [0.25, 0.3) is 12.3 Å². The number of halogens is 7. The van der Waals surface area contributed by atoms with Gasteiger partial charge in [-0.25, -0.2) is 13.8 Å². The number of amides is 2. The summed E-state index contributed by atoms with van der Waals surface area (Å²) in [5, 5.41) is 8.74. The zero-order chi connectivity index (χ0) is 34.0. The molecule has 15 heteroatoms. The van der Waals surface area contributed by atoms with E-state index in [-0.39, 0.29) is 56.5 Å². The number of aryl methyl sites for hydroxylation is 1. The average molecular weight is 687 g/mol. The third-order valence-corrected chi connectivity index (χ3v) is 7.63. The number of hydrogen-bond donors (Lipinski definition) is 3. The molecule has 0 aliphatic carbocycles. The minimum absolute atomic E-state index is 0.125. The van der Waals surface area contributed by atoms with Gasteiger partial charge in [0.15, 0.2) is 0 Å². The summed E-state index contributed by atoms with van der Waals surface area (Å²) in [5.74, 6) is -1.07. The van der Waals surface area contributed by atoms with E-state index in [0.29, 0.717) is 11.1 Å². The maximum Gasteiger partial charge on any atom is 0.416 e. The molecule has 0 saturated carbocycles. The second kappa shape index (κ2) is 13.7. The Bertz CT molecular complexity index is 1770. The van der Waals surface area contributed by atoms with E-state index in [1.807, 2.05) is 0 Å². The maximum absolute atomic E-state index is 13.4. The fourth-order valence-electron chi connectivity index (χ4n) is 4.40. The average Bonchev–Trinajstić information content (AvgIpc) is 3.28.